The lowest BCUT2D eigenvalue weighted by Gasteiger charge is -2.01. The standard InChI is InChI=1S/C7H10ClNS/c1-6(5-8)4-7-9-2-3-10-7/h2-3,6H,4-5H2,1H3. The van der Waals surface area contributed by atoms with Crippen molar-refractivity contribution in [2.45, 2.75) is 13.3 Å². The molecule has 0 radical (unpaired) electrons. The van der Waals surface area contributed by atoms with E-state index in [1.165, 1.54) is 5.01 Å². The summed E-state index contributed by atoms with van der Waals surface area (Å²) in [5.74, 6) is 1.27. The topological polar surface area (TPSA) is 12.9 Å². The Morgan fingerprint density at radius 1 is 1.80 bits per heavy atom. The summed E-state index contributed by atoms with van der Waals surface area (Å²) in [5, 5.41) is 3.18. The van der Waals surface area contributed by atoms with Crippen LogP contribution in [0, 0.1) is 5.92 Å². The normalized spacial score (nSPS) is 13.4. The summed E-state index contributed by atoms with van der Waals surface area (Å²) in [7, 11) is 0. The minimum Gasteiger partial charge on any atom is -0.250 e. The lowest BCUT2D eigenvalue weighted by Crippen LogP contribution is -1.99. The predicted octanol–water partition coefficient (Wildman–Crippen LogP) is 2.56. The molecule has 1 nitrogen and oxygen atoms in total. The van der Waals surface area contributed by atoms with Crippen molar-refractivity contribution in [2.75, 3.05) is 5.88 Å². The van der Waals surface area contributed by atoms with E-state index in [0.29, 0.717) is 5.92 Å². The van der Waals surface area contributed by atoms with Crippen LogP contribution in [0.3, 0.4) is 0 Å². The Bertz CT molecular complexity index is 174. The van der Waals surface area contributed by atoms with Crippen LogP contribution >= 0.6 is 22.9 Å². The van der Waals surface area contributed by atoms with Crippen LogP contribution in [0.25, 0.3) is 0 Å². The van der Waals surface area contributed by atoms with Crippen molar-refractivity contribution in [1.82, 2.24) is 4.98 Å². The Labute approximate surface area is 70.1 Å². The molecular weight excluding hydrogens is 166 g/mol. The number of halogens is 1. The van der Waals surface area contributed by atoms with E-state index >= 15 is 0 Å². The van der Waals surface area contributed by atoms with Gasteiger partial charge in [0.15, 0.2) is 0 Å². The molecule has 1 rings (SSSR count). The van der Waals surface area contributed by atoms with Gasteiger partial charge in [-0.25, -0.2) is 4.98 Å². The minimum atomic E-state index is 0.549. The van der Waals surface area contributed by atoms with E-state index in [1.807, 2.05) is 11.6 Å². The van der Waals surface area contributed by atoms with E-state index in [2.05, 4.69) is 11.9 Å². The second-order valence-corrected chi connectivity index (χ2v) is 3.68. The number of thiazole rings is 1. The molecule has 0 aliphatic carbocycles. The molecule has 0 aliphatic rings. The molecule has 0 aromatic carbocycles. The first-order chi connectivity index (χ1) is 4.83. The maximum atomic E-state index is 5.65. The molecule has 1 heterocycles. The van der Waals surface area contributed by atoms with Crippen molar-refractivity contribution >= 4 is 22.9 Å². The summed E-state index contributed by atoms with van der Waals surface area (Å²) in [5.41, 5.74) is 0. The number of nitrogens with zero attached hydrogens (tertiary/aromatic N) is 1. The van der Waals surface area contributed by atoms with Gasteiger partial charge in [-0.15, -0.1) is 22.9 Å². The molecule has 0 spiro atoms. The third-order valence-corrected chi connectivity index (χ3v) is 2.60. The van der Waals surface area contributed by atoms with Crippen molar-refractivity contribution in [2.24, 2.45) is 5.92 Å². The molecule has 3 heteroatoms. The van der Waals surface area contributed by atoms with Crippen LogP contribution in [0.1, 0.15) is 11.9 Å². The maximum Gasteiger partial charge on any atom is 0.0927 e. The van der Waals surface area contributed by atoms with Gasteiger partial charge in [-0.05, 0) is 5.92 Å². The van der Waals surface area contributed by atoms with Crippen molar-refractivity contribution in [3.05, 3.63) is 16.6 Å². The van der Waals surface area contributed by atoms with Gasteiger partial charge in [0.25, 0.3) is 0 Å². The van der Waals surface area contributed by atoms with Gasteiger partial charge < -0.3 is 0 Å². The highest BCUT2D eigenvalue weighted by Crippen LogP contribution is 2.11. The highest BCUT2D eigenvalue weighted by atomic mass is 35.5. The van der Waals surface area contributed by atoms with E-state index in [1.54, 1.807) is 11.3 Å². The monoisotopic (exact) mass is 175 g/mol. The van der Waals surface area contributed by atoms with Crippen molar-refractivity contribution < 1.29 is 0 Å². The number of alkyl halides is 1. The molecule has 56 valence electrons. The van der Waals surface area contributed by atoms with E-state index in [-0.39, 0.29) is 0 Å². The Hall–Kier alpha value is -0.0800. The summed E-state index contributed by atoms with van der Waals surface area (Å²) >= 11 is 7.34. The van der Waals surface area contributed by atoms with Crippen molar-refractivity contribution in [3.63, 3.8) is 0 Å². The molecule has 0 saturated carbocycles. The smallest absolute Gasteiger partial charge is 0.0927 e. The molecule has 0 aliphatic heterocycles. The molecular formula is C7H10ClNS. The first kappa shape index (κ1) is 8.02. The van der Waals surface area contributed by atoms with Crippen LogP contribution in [0.5, 0.6) is 0 Å². The van der Waals surface area contributed by atoms with Crippen LogP contribution < -0.4 is 0 Å². The van der Waals surface area contributed by atoms with E-state index in [9.17, 15) is 0 Å². The Morgan fingerprint density at radius 3 is 3.10 bits per heavy atom. The third kappa shape index (κ3) is 2.27. The summed E-state index contributed by atoms with van der Waals surface area (Å²) in [4.78, 5) is 4.16. The lowest BCUT2D eigenvalue weighted by molar-refractivity contribution is 0.652. The predicted molar refractivity (Wildman–Crippen MR) is 45.7 cm³/mol. The van der Waals surface area contributed by atoms with E-state index in [4.69, 9.17) is 11.6 Å². The molecule has 1 atom stereocenters. The van der Waals surface area contributed by atoms with E-state index < -0.39 is 0 Å². The Morgan fingerprint density at radius 2 is 2.60 bits per heavy atom. The summed E-state index contributed by atoms with van der Waals surface area (Å²) in [6, 6.07) is 0. The van der Waals surface area contributed by atoms with Gasteiger partial charge >= 0.3 is 0 Å². The maximum absolute atomic E-state index is 5.65. The second-order valence-electron chi connectivity index (χ2n) is 2.39. The molecule has 0 N–H and O–H groups in total. The summed E-state index contributed by atoms with van der Waals surface area (Å²) < 4.78 is 0. The molecule has 1 aromatic rings. The first-order valence-electron chi connectivity index (χ1n) is 3.27. The lowest BCUT2D eigenvalue weighted by atomic mass is 10.1. The van der Waals surface area contributed by atoms with Crippen LogP contribution in [-0.2, 0) is 6.42 Å². The van der Waals surface area contributed by atoms with Gasteiger partial charge in [0.1, 0.15) is 0 Å². The van der Waals surface area contributed by atoms with Crippen molar-refractivity contribution in [3.8, 4) is 0 Å². The van der Waals surface area contributed by atoms with E-state index in [0.717, 1.165) is 12.3 Å². The number of aromatic nitrogens is 1. The van der Waals surface area contributed by atoms with Crippen molar-refractivity contribution in [1.29, 1.82) is 0 Å². The van der Waals surface area contributed by atoms with Crippen LogP contribution in [-0.4, -0.2) is 10.9 Å². The SMILES string of the molecule is CC(CCl)Cc1nccs1. The zero-order chi connectivity index (χ0) is 7.40. The zero-order valence-corrected chi connectivity index (χ0v) is 7.45. The zero-order valence-electron chi connectivity index (χ0n) is 5.88. The molecule has 0 saturated heterocycles. The fourth-order valence-electron chi connectivity index (χ4n) is 0.706. The number of rotatable bonds is 3. The number of hydrogen-bond donors (Lipinski definition) is 0. The quantitative estimate of drug-likeness (QED) is 0.644. The molecule has 10 heavy (non-hydrogen) atoms. The van der Waals surface area contributed by atoms with Crippen LogP contribution in [0.4, 0.5) is 0 Å². The highest BCUT2D eigenvalue weighted by Gasteiger charge is 2.02. The van der Waals surface area contributed by atoms with Gasteiger partial charge in [-0.3, -0.25) is 0 Å². The first-order valence-corrected chi connectivity index (χ1v) is 4.68. The second kappa shape index (κ2) is 3.94. The average molecular weight is 176 g/mol. The highest BCUT2D eigenvalue weighted by molar-refractivity contribution is 7.09. The largest absolute Gasteiger partial charge is 0.250 e. The van der Waals surface area contributed by atoms with Gasteiger partial charge in [0.05, 0.1) is 5.01 Å². The minimum absolute atomic E-state index is 0.549. The molecule has 1 aromatic heterocycles. The van der Waals surface area contributed by atoms with Crippen LogP contribution in [0.2, 0.25) is 0 Å². The van der Waals surface area contributed by atoms with Crippen LogP contribution in [0.15, 0.2) is 11.6 Å². The van der Waals surface area contributed by atoms with Gasteiger partial charge in [-0.2, -0.15) is 0 Å². The fourth-order valence-corrected chi connectivity index (χ4v) is 1.60. The molecule has 0 bridgehead atoms. The van der Waals surface area contributed by atoms with Gasteiger partial charge in [0.2, 0.25) is 0 Å². The molecule has 1 unspecified atom stereocenters. The molecule has 0 amide bonds. The fraction of sp³-hybridized carbons (Fsp3) is 0.571. The van der Waals surface area contributed by atoms with Gasteiger partial charge in [0, 0.05) is 23.9 Å². The summed E-state index contributed by atoms with van der Waals surface area (Å²) in [6.07, 6.45) is 2.85. The number of hydrogen-bond acceptors (Lipinski definition) is 2. The summed E-state index contributed by atoms with van der Waals surface area (Å²) in [6.45, 7) is 2.13. The molecule has 0 fully saturated rings. The Balaban J connectivity index is 2.40. The van der Waals surface area contributed by atoms with Gasteiger partial charge in [-0.1, -0.05) is 6.92 Å². The average Bonchev–Trinajstić information content (AvgIpc) is 2.40. The Kier molecular flexibility index (Phi) is 3.16. The third-order valence-electron chi connectivity index (χ3n) is 1.27.